The average Bonchev–Trinajstić information content (AvgIpc) is 3.22. The smallest absolute Gasteiger partial charge is 0.250 e. The lowest BCUT2D eigenvalue weighted by Gasteiger charge is -2.08. The molecular formula is C22H25N5O3S. The number of carbonyl (C=O) groups is 1. The van der Waals surface area contributed by atoms with Gasteiger partial charge >= 0.3 is 0 Å². The van der Waals surface area contributed by atoms with Crippen molar-refractivity contribution in [3.05, 3.63) is 54.1 Å². The molecule has 162 valence electrons. The number of hydrogen-bond donors (Lipinski definition) is 2. The predicted molar refractivity (Wildman–Crippen MR) is 121 cm³/mol. The fraction of sp³-hybridized carbons (Fsp3) is 0.273. The van der Waals surface area contributed by atoms with E-state index >= 15 is 0 Å². The van der Waals surface area contributed by atoms with Gasteiger partial charge in [-0.2, -0.15) is 5.10 Å². The lowest BCUT2D eigenvalue weighted by Crippen LogP contribution is -2.22. The van der Waals surface area contributed by atoms with Gasteiger partial charge in [-0.3, -0.25) is 4.79 Å². The second-order valence-corrected chi connectivity index (χ2v) is 7.50. The van der Waals surface area contributed by atoms with Gasteiger partial charge in [0.2, 0.25) is 0 Å². The second kappa shape index (κ2) is 10.6. The summed E-state index contributed by atoms with van der Waals surface area (Å²) in [5, 5.41) is 22.9. The molecule has 1 aromatic heterocycles. The van der Waals surface area contributed by atoms with Crippen LogP contribution in [0, 0.1) is 0 Å². The Morgan fingerprint density at radius 3 is 2.45 bits per heavy atom. The molecule has 0 aliphatic carbocycles. The summed E-state index contributed by atoms with van der Waals surface area (Å²) in [5.74, 6) is 1.64. The Morgan fingerprint density at radius 1 is 1.13 bits per heavy atom. The van der Waals surface area contributed by atoms with E-state index in [4.69, 9.17) is 4.74 Å². The van der Waals surface area contributed by atoms with Crippen LogP contribution in [0.3, 0.4) is 0 Å². The number of hydrogen-bond acceptors (Lipinski definition) is 7. The Balaban J connectivity index is 1.64. The molecule has 1 amide bonds. The van der Waals surface area contributed by atoms with Gasteiger partial charge in [0.25, 0.3) is 5.91 Å². The van der Waals surface area contributed by atoms with Crippen molar-refractivity contribution in [2.45, 2.75) is 32.0 Å². The number of thioether (sulfide) groups is 1. The average molecular weight is 440 g/mol. The standard InChI is InChI=1S/C22H25N5O3S/c1-4-19(15-6-10-17(28)11-7-15)23-24-20(29)14-31-22-26-25-21(27(22)5-2)16-8-12-18(30-3)13-9-16/h6-13,28H,4-5,14H2,1-3H3,(H,24,29)/b23-19-. The van der Waals surface area contributed by atoms with Crippen LogP contribution in [-0.4, -0.2) is 44.4 Å². The molecule has 8 nitrogen and oxygen atoms in total. The van der Waals surface area contributed by atoms with Crippen LogP contribution in [-0.2, 0) is 11.3 Å². The van der Waals surface area contributed by atoms with Crippen molar-refractivity contribution in [1.29, 1.82) is 0 Å². The first kappa shape index (κ1) is 22.4. The van der Waals surface area contributed by atoms with Crippen LogP contribution in [0.4, 0.5) is 0 Å². The van der Waals surface area contributed by atoms with E-state index in [1.807, 2.05) is 42.7 Å². The quantitative estimate of drug-likeness (QED) is 0.299. The number of ether oxygens (including phenoxy) is 1. The summed E-state index contributed by atoms with van der Waals surface area (Å²) in [6.45, 7) is 4.64. The van der Waals surface area contributed by atoms with E-state index < -0.39 is 0 Å². The maximum Gasteiger partial charge on any atom is 0.250 e. The van der Waals surface area contributed by atoms with Gasteiger partial charge in [-0.15, -0.1) is 10.2 Å². The van der Waals surface area contributed by atoms with Crippen LogP contribution in [0.5, 0.6) is 11.5 Å². The van der Waals surface area contributed by atoms with Crippen LogP contribution in [0.15, 0.2) is 58.8 Å². The van der Waals surface area contributed by atoms with Crippen molar-refractivity contribution in [3.63, 3.8) is 0 Å². The minimum Gasteiger partial charge on any atom is -0.508 e. The van der Waals surface area contributed by atoms with Crippen LogP contribution in [0.25, 0.3) is 11.4 Å². The predicted octanol–water partition coefficient (Wildman–Crippen LogP) is 3.70. The number of rotatable bonds is 9. The van der Waals surface area contributed by atoms with Gasteiger partial charge in [-0.25, -0.2) is 5.43 Å². The number of phenolic OH excluding ortho intramolecular Hbond substituents is 1. The first-order chi connectivity index (χ1) is 15.0. The minimum atomic E-state index is -0.230. The Labute approximate surface area is 185 Å². The summed E-state index contributed by atoms with van der Waals surface area (Å²) in [7, 11) is 1.63. The van der Waals surface area contributed by atoms with Crippen LogP contribution in [0.1, 0.15) is 25.8 Å². The number of carbonyl (C=O) groups excluding carboxylic acids is 1. The number of hydrazone groups is 1. The molecular weight excluding hydrogens is 414 g/mol. The Hall–Kier alpha value is -3.33. The normalized spacial score (nSPS) is 11.4. The fourth-order valence-corrected chi connectivity index (χ4v) is 3.72. The highest BCUT2D eigenvalue weighted by atomic mass is 32.2. The van der Waals surface area contributed by atoms with Gasteiger partial charge < -0.3 is 14.4 Å². The zero-order valence-corrected chi connectivity index (χ0v) is 18.5. The molecule has 0 unspecified atom stereocenters. The van der Waals surface area contributed by atoms with E-state index in [9.17, 15) is 9.90 Å². The molecule has 0 saturated heterocycles. The fourth-order valence-electron chi connectivity index (χ4n) is 2.93. The third-order valence-electron chi connectivity index (χ3n) is 4.56. The van der Waals surface area contributed by atoms with Crippen molar-refractivity contribution in [2.24, 2.45) is 5.10 Å². The van der Waals surface area contributed by atoms with Gasteiger partial charge in [0.1, 0.15) is 11.5 Å². The Bertz CT molecular complexity index is 1050. The Morgan fingerprint density at radius 2 is 1.84 bits per heavy atom. The van der Waals surface area contributed by atoms with Crippen LogP contribution < -0.4 is 10.2 Å². The molecule has 0 fully saturated rings. The topological polar surface area (TPSA) is 102 Å². The van der Waals surface area contributed by atoms with Crippen molar-refractivity contribution in [1.82, 2.24) is 20.2 Å². The van der Waals surface area contributed by atoms with Gasteiger partial charge in [0, 0.05) is 12.1 Å². The molecule has 31 heavy (non-hydrogen) atoms. The van der Waals surface area contributed by atoms with Crippen molar-refractivity contribution in [2.75, 3.05) is 12.9 Å². The molecule has 0 spiro atoms. The van der Waals surface area contributed by atoms with Crippen LogP contribution in [0.2, 0.25) is 0 Å². The molecule has 3 aromatic rings. The first-order valence-corrected chi connectivity index (χ1v) is 10.9. The number of aromatic hydroxyl groups is 1. The molecule has 9 heteroatoms. The number of aromatic nitrogens is 3. The maximum atomic E-state index is 12.3. The number of amides is 1. The van der Waals surface area contributed by atoms with Crippen molar-refractivity contribution >= 4 is 23.4 Å². The number of phenols is 1. The highest BCUT2D eigenvalue weighted by Crippen LogP contribution is 2.25. The molecule has 0 aliphatic rings. The van der Waals surface area contributed by atoms with Gasteiger partial charge in [-0.1, -0.05) is 18.7 Å². The zero-order valence-electron chi connectivity index (χ0n) is 17.7. The molecule has 0 atom stereocenters. The van der Waals surface area contributed by atoms with Gasteiger partial charge in [0.05, 0.1) is 18.6 Å². The largest absolute Gasteiger partial charge is 0.508 e. The molecule has 1 heterocycles. The molecule has 0 aliphatic heterocycles. The summed E-state index contributed by atoms with van der Waals surface area (Å²) < 4.78 is 7.17. The van der Waals surface area contributed by atoms with Gasteiger partial charge in [-0.05, 0) is 67.4 Å². The monoisotopic (exact) mass is 439 g/mol. The number of methoxy groups -OCH3 is 1. The number of nitrogens with one attached hydrogen (secondary N) is 1. The van der Waals surface area contributed by atoms with Crippen LogP contribution >= 0.6 is 11.8 Å². The third-order valence-corrected chi connectivity index (χ3v) is 5.53. The van der Waals surface area contributed by atoms with E-state index in [0.717, 1.165) is 28.4 Å². The summed E-state index contributed by atoms with van der Waals surface area (Å²) >= 11 is 1.31. The molecule has 3 rings (SSSR count). The lowest BCUT2D eigenvalue weighted by molar-refractivity contribution is -0.118. The van der Waals surface area contributed by atoms with Crippen molar-refractivity contribution < 1.29 is 14.6 Å². The molecule has 0 radical (unpaired) electrons. The highest BCUT2D eigenvalue weighted by Gasteiger charge is 2.15. The molecule has 0 saturated carbocycles. The number of nitrogens with zero attached hydrogens (tertiary/aromatic N) is 4. The van der Waals surface area contributed by atoms with Gasteiger partial charge in [0.15, 0.2) is 11.0 Å². The SMILES string of the molecule is CC/C(=N/NC(=O)CSc1nnc(-c2ccc(OC)cc2)n1CC)c1ccc(O)cc1. The summed E-state index contributed by atoms with van der Waals surface area (Å²) in [4.78, 5) is 12.3. The van der Waals surface area contributed by atoms with E-state index in [-0.39, 0.29) is 17.4 Å². The third kappa shape index (κ3) is 5.64. The van der Waals surface area contributed by atoms with E-state index in [1.54, 1.807) is 31.4 Å². The second-order valence-electron chi connectivity index (χ2n) is 6.56. The first-order valence-electron chi connectivity index (χ1n) is 9.90. The van der Waals surface area contributed by atoms with E-state index in [0.29, 0.717) is 18.1 Å². The summed E-state index contributed by atoms with van der Waals surface area (Å²) in [6.07, 6.45) is 0.646. The molecule has 2 N–H and O–H groups in total. The zero-order chi connectivity index (χ0) is 22.2. The van der Waals surface area contributed by atoms with E-state index in [2.05, 4.69) is 20.7 Å². The highest BCUT2D eigenvalue weighted by molar-refractivity contribution is 7.99. The summed E-state index contributed by atoms with van der Waals surface area (Å²) in [6, 6.07) is 14.3. The number of benzene rings is 2. The van der Waals surface area contributed by atoms with Crippen molar-refractivity contribution in [3.8, 4) is 22.9 Å². The lowest BCUT2D eigenvalue weighted by atomic mass is 10.1. The minimum absolute atomic E-state index is 0.164. The maximum absolute atomic E-state index is 12.3. The summed E-state index contributed by atoms with van der Waals surface area (Å²) in [5.41, 5.74) is 5.11. The molecule has 0 bridgehead atoms. The van der Waals surface area contributed by atoms with E-state index in [1.165, 1.54) is 11.8 Å². The Kier molecular flexibility index (Phi) is 7.66. The molecule has 2 aromatic carbocycles.